The maximum Gasteiger partial charge on any atom is 0.416 e. The van der Waals surface area contributed by atoms with Gasteiger partial charge < -0.3 is 29.9 Å². The number of nitrogens with zero attached hydrogens (tertiary/aromatic N) is 4. The highest BCUT2D eigenvalue weighted by Gasteiger charge is 2.30. The number of benzene rings is 3. The molecular formula is C42H49F3N6O5. The van der Waals surface area contributed by atoms with Crippen LogP contribution >= 0.6 is 0 Å². The number of carbonyl (C=O) groups excluding carboxylic acids is 3. The number of carbonyl (C=O) groups is 3. The largest absolute Gasteiger partial charge is 0.497 e. The van der Waals surface area contributed by atoms with Crippen molar-refractivity contribution in [1.82, 2.24) is 15.1 Å². The second-order valence-corrected chi connectivity index (χ2v) is 13.7. The lowest BCUT2D eigenvalue weighted by molar-refractivity contribution is -0.137. The van der Waals surface area contributed by atoms with E-state index in [-0.39, 0.29) is 34.8 Å². The molecule has 0 aliphatic carbocycles. The SMILES string of the molecule is C=N/C(=C\C(=C/C)C(=O)NCc1cccc(C(F)(F)F)c1)c1cc(N2CCCCC2)ccc1NC(=O)c1cc(OC)cc(C(=O)N(C)CCN2CCOCC2)c1. The van der Waals surface area contributed by atoms with Gasteiger partial charge >= 0.3 is 6.18 Å². The predicted molar refractivity (Wildman–Crippen MR) is 212 cm³/mol. The van der Waals surface area contributed by atoms with E-state index in [1.54, 1.807) is 43.1 Å². The molecule has 0 saturated carbocycles. The molecule has 298 valence electrons. The molecule has 2 N–H and O–H groups in total. The normalized spacial score (nSPS) is 15.6. The predicted octanol–water partition coefficient (Wildman–Crippen LogP) is 6.67. The highest BCUT2D eigenvalue weighted by atomic mass is 19.4. The van der Waals surface area contributed by atoms with E-state index in [1.165, 1.54) is 31.4 Å². The monoisotopic (exact) mass is 774 g/mol. The second-order valence-electron chi connectivity index (χ2n) is 13.7. The number of amides is 3. The topological polar surface area (TPSA) is 116 Å². The number of allylic oxidation sites excluding steroid dienone is 1. The van der Waals surface area contributed by atoms with Crippen LogP contribution in [-0.4, -0.2) is 101 Å². The third-order valence-electron chi connectivity index (χ3n) is 9.85. The molecule has 2 saturated heterocycles. The smallest absolute Gasteiger partial charge is 0.416 e. The van der Waals surface area contributed by atoms with Crippen molar-refractivity contribution in [2.24, 2.45) is 4.99 Å². The van der Waals surface area contributed by atoms with Crippen molar-refractivity contribution in [3.8, 4) is 5.75 Å². The minimum Gasteiger partial charge on any atom is -0.497 e. The molecule has 14 heteroatoms. The molecular weight excluding hydrogens is 725 g/mol. The summed E-state index contributed by atoms with van der Waals surface area (Å²) in [7, 11) is 3.19. The number of halogens is 3. The van der Waals surface area contributed by atoms with Crippen molar-refractivity contribution in [2.75, 3.05) is 76.9 Å². The van der Waals surface area contributed by atoms with E-state index in [4.69, 9.17) is 9.47 Å². The van der Waals surface area contributed by atoms with Crippen molar-refractivity contribution in [1.29, 1.82) is 0 Å². The van der Waals surface area contributed by atoms with E-state index >= 15 is 0 Å². The van der Waals surface area contributed by atoms with Gasteiger partial charge in [-0.25, -0.2) is 0 Å². The highest BCUT2D eigenvalue weighted by molar-refractivity contribution is 6.08. The molecule has 0 spiro atoms. The van der Waals surface area contributed by atoms with E-state index in [0.29, 0.717) is 48.9 Å². The zero-order chi connectivity index (χ0) is 40.2. The summed E-state index contributed by atoms with van der Waals surface area (Å²) in [6.07, 6.45) is 1.77. The van der Waals surface area contributed by atoms with Crippen LogP contribution in [0.5, 0.6) is 5.75 Å². The Labute approximate surface area is 325 Å². The first kappa shape index (κ1) is 41.7. The lowest BCUT2D eigenvalue weighted by atomic mass is 10.0. The molecule has 0 radical (unpaired) electrons. The van der Waals surface area contributed by atoms with Crippen LogP contribution < -0.4 is 20.3 Å². The number of likely N-dealkylation sites (N-methyl/N-ethyl adjacent to an activating group) is 1. The zero-order valence-corrected chi connectivity index (χ0v) is 32.1. The number of ether oxygens (including phenoxy) is 2. The number of hydrogen-bond acceptors (Lipinski definition) is 8. The van der Waals surface area contributed by atoms with Crippen molar-refractivity contribution < 1.29 is 37.0 Å². The van der Waals surface area contributed by atoms with Gasteiger partial charge in [0.25, 0.3) is 17.7 Å². The van der Waals surface area contributed by atoms with Gasteiger partial charge in [0, 0.05) is 80.8 Å². The average Bonchev–Trinajstić information content (AvgIpc) is 3.22. The summed E-state index contributed by atoms with van der Waals surface area (Å²) < 4.78 is 50.7. The van der Waals surface area contributed by atoms with Crippen LogP contribution in [0.1, 0.15) is 63.6 Å². The van der Waals surface area contributed by atoms with Gasteiger partial charge in [-0.3, -0.25) is 24.3 Å². The Bertz CT molecular complexity index is 1950. The third-order valence-corrected chi connectivity index (χ3v) is 9.85. The van der Waals surface area contributed by atoms with Gasteiger partial charge in [-0.15, -0.1) is 0 Å². The molecule has 0 aromatic heterocycles. The number of hydrogen-bond donors (Lipinski definition) is 2. The molecule has 11 nitrogen and oxygen atoms in total. The van der Waals surface area contributed by atoms with Gasteiger partial charge in [0.1, 0.15) is 5.75 Å². The van der Waals surface area contributed by atoms with E-state index in [9.17, 15) is 27.6 Å². The average molecular weight is 775 g/mol. The molecule has 2 fully saturated rings. The highest BCUT2D eigenvalue weighted by Crippen LogP contribution is 2.33. The quantitative estimate of drug-likeness (QED) is 0.107. The fraction of sp³-hybridized carbons (Fsp3) is 0.381. The molecule has 3 amide bonds. The van der Waals surface area contributed by atoms with Crippen LogP contribution in [0.15, 0.2) is 83.4 Å². The van der Waals surface area contributed by atoms with E-state index in [1.807, 2.05) is 12.1 Å². The fourth-order valence-electron chi connectivity index (χ4n) is 6.58. The summed E-state index contributed by atoms with van der Waals surface area (Å²) in [5.41, 5.74) is 2.21. The van der Waals surface area contributed by atoms with Gasteiger partial charge in [-0.05, 0) is 93.1 Å². The van der Waals surface area contributed by atoms with E-state index in [2.05, 4.69) is 32.1 Å². The van der Waals surface area contributed by atoms with Crippen LogP contribution in [0.2, 0.25) is 0 Å². The number of alkyl halides is 3. The summed E-state index contributed by atoms with van der Waals surface area (Å²) in [6.45, 7) is 11.1. The number of methoxy groups -OCH3 is 1. The first-order valence-electron chi connectivity index (χ1n) is 18.6. The first-order chi connectivity index (χ1) is 26.9. The number of piperidine rings is 1. The Morgan fingerprint density at radius 2 is 1.71 bits per heavy atom. The molecule has 2 heterocycles. The second kappa shape index (κ2) is 19.4. The number of rotatable bonds is 14. The van der Waals surface area contributed by atoms with Crippen LogP contribution in [0.3, 0.4) is 0 Å². The molecule has 56 heavy (non-hydrogen) atoms. The molecule has 3 aromatic rings. The standard InChI is InChI=1S/C42H49F3N6O5/c1-5-30(39(52)47-28-29-10-9-11-33(22-29)42(43,44)45)26-38(46-2)36-27-34(51-14-7-6-8-15-51)12-13-37(36)48-40(53)31-23-32(25-35(24-31)55-4)41(54)49(3)16-17-50-18-20-56-21-19-50/h5,9-13,22-27H,2,6-8,14-21,28H2,1,3-4H3,(H,47,52)(H,48,53)/b30-5+,38-26-. The third kappa shape index (κ3) is 11.1. The molecule has 0 atom stereocenters. The Morgan fingerprint density at radius 3 is 2.39 bits per heavy atom. The number of anilines is 2. The lowest BCUT2D eigenvalue weighted by Gasteiger charge is -2.29. The van der Waals surface area contributed by atoms with Crippen molar-refractivity contribution in [3.63, 3.8) is 0 Å². The van der Waals surface area contributed by atoms with Gasteiger partial charge in [0.2, 0.25) is 0 Å². The lowest BCUT2D eigenvalue weighted by Crippen LogP contribution is -2.42. The van der Waals surface area contributed by atoms with E-state index < -0.39 is 23.6 Å². The summed E-state index contributed by atoms with van der Waals surface area (Å²) in [6, 6.07) is 15.0. The summed E-state index contributed by atoms with van der Waals surface area (Å²) in [5, 5.41) is 5.66. The fourth-order valence-corrected chi connectivity index (χ4v) is 6.58. The summed E-state index contributed by atoms with van der Waals surface area (Å²) >= 11 is 0. The van der Waals surface area contributed by atoms with Crippen LogP contribution in [-0.2, 0) is 22.3 Å². The molecule has 3 aromatic carbocycles. The number of nitrogens with one attached hydrogen (secondary N) is 2. The van der Waals surface area contributed by atoms with Gasteiger partial charge in [-0.1, -0.05) is 18.2 Å². The number of aliphatic imine (C=N–C) groups is 1. The Hall–Kier alpha value is -5.47. The molecule has 0 bridgehead atoms. The molecule has 5 rings (SSSR count). The molecule has 2 aliphatic heterocycles. The van der Waals surface area contributed by atoms with Gasteiger partial charge in [-0.2, -0.15) is 13.2 Å². The van der Waals surface area contributed by atoms with Crippen LogP contribution in [0.4, 0.5) is 24.5 Å². The van der Waals surface area contributed by atoms with Gasteiger partial charge in [0.05, 0.1) is 37.3 Å². The Morgan fingerprint density at radius 1 is 0.982 bits per heavy atom. The minimum absolute atomic E-state index is 0.134. The van der Waals surface area contributed by atoms with Crippen molar-refractivity contribution >= 4 is 41.5 Å². The maximum atomic E-state index is 14.0. The number of morpholine rings is 1. The maximum absolute atomic E-state index is 14.0. The molecule has 0 unspecified atom stereocenters. The minimum atomic E-state index is -4.51. The summed E-state index contributed by atoms with van der Waals surface area (Å²) in [5.74, 6) is -0.962. The Balaban J connectivity index is 1.40. The van der Waals surface area contributed by atoms with E-state index in [0.717, 1.165) is 63.3 Å². The first-order valence-corrected chi connectivity index (χ1v) is 18.6. The Kier molecular flexibility index (Phi) is 14.4. The van der Waals surface area contributed by atoms with Gasteiger partial charge in [0.15, 0.2) is 0 Å². The van der Waals surface area contributed by atoms with Crippen molar-refractivity contribution in [3.05, 3.63) is 106 Å². The zero-order valence-electron chi connectivity index (χ0n) is 32.1. The molecule has 2 aliphatic rings. The van der Waals surface area contributed by atoms with Crippen LogP contribution in [0, 0.1) is 0 Å². The van der Waals surface area contributed by atoms with Crippen molar-refractivity contribution in [2.45, 2.75) is 38.9 Å². The van der Waals surface area contributed by atoms with Crippen LogP contribution in [0.25, 0.3) is 5.70 Å². The summed E-state index contributed by atoms with van der Waals surface area (Å²) in [4.78, 5) is 51.2.